The fourth-order valence-electron chi connectivity index (χ4n) is 1.85. The van der Waals surface area contributed by atoms with Crippen LogP contribution in [0.25, 0.3) is 0 Å². The van der Waals surface area contributed by atoms with Gasteiger partial charge >= 0.3 is 5.97 Å². The van der Waals surface area contributed by atoms with Gasteiger partial charge in [0.25, 0.3) is 0 Å². The first-order valence-electron chi connectivity index (χ1n) is 6.32. The molecule has 1 aliphatic rings. The molecule has 0 aliphatic carbocycles. The van der Waals surface area contributed by atoms with E-state index in [0.717, 1.165) is 4.90 Å². The van der Waals surface area contributed by atoms with Crippen LogP contribution in [0, 0.1) is 6.92 Å². The quantitative estimate of drug-likeness (QED) is 0.646. The van der Waals surface area contributed by atoms with Crippen molar-refractivity contribution >= 4 is 35.3 Å². The van der Waals surface area contributed by atoms with E-state index in [1.807, 2.05) is 43.3 Å². The van der Waals surface area contributed by atoms with Crippen molar-refractivity contribution in [3.63, 3.8) is 0 Å². The lowest BCUT2D eigenvalue weighted by Crippen LogP contribution is -2.16. The Bertz CT molecular complexity index is 522. The minimum Gasteiger partial charge on any atom is -0.481 e. The van der Waals surface area contributed by atoms with Crippen LogP contribution >= 0.6 is 23.5 Å². The summed E-state index contributed by atoms with van der Waals surface area (Å²) < 4.78 is 0. The number of aliphatic carboxylic acids is 1. The van der Waals surface area contributed by atoms with Crippen molar-refractivity contribution in [2.75, 3.05) is 5.75 Å². The van der Waals surface area contributed by atoms with Crippen LogP contribution < -0.4 is 0 Å². The second-order valence-electron chi connectivity index (χ2n) is 4.65. The fraction of sp³-hybridized carbons (Fsp3) is 0.333. The van der Waals surface area contributed by atoms with Gasteiger partial charge < -0.3 is 5.11 Å². The van der Waals surface area contributed by atoms with E-state index < -0.39 is 5.97 Å². The summed E-state index contributed by atoms with van der Waals surface area (Å²) in [6.07, 6.45) is 3.74. The van der Waals surface area contributed by atoms with Gasteiger partial charge in [-0.25, -0.2) is 0 Å². The Balaban J connectivity index is 1.80. The van der Waals surface area contributed by atoms with Gasteiger partial charge in [-0.3, -0.25) is 9.59 Å². The molecule has 1 aliphatic heterocycles. The number of Topliss-reactive ketones (excluding diaryl/α,β-unsaturated/α-hetero) is 1. The standard InChI is InChI=1S/C15H16O3S2/c1-10-2-4-11(5-3-10)19-9-13(16)14-7-6-12(20-14)8-15(17)18/h2-7,12,14H,8-9H2,1H3,(H,17,18). The van der Waals surface area contributed by atoms with E-state index in [4.69, 9.17) is 5.11 Å². The zero-order valence-corrected chi connectivity index (χ0v) is 12.7. The van der Waals surface area contributed by atoms with Gasteiger partial charge in [0.05, 0.1) is 17.4 Å². The monoisotopic (exact) mass is 308 g/mol. The van der Waals surface area contributed by atoms with Gasteiger partial charge in [0.2, 0.25) is 0 Å². The molecular weight excluding hydrogens is 292 g/mol. The highest BCUT2D eigenvalue weighted by atomic mass is 32.2. The minimum absolute atomic E-state index is 0.0779. The molecule has 1 aromatic rings. The highest BCUT2D eigenvalue weighted by molar-refractivity contribution is 8.02. The molecule has 0 amide bonds. The van der Waals surface area contributed by atoms with Gasteiger partial charge in [0.1, 0.15) is 0 Å². The van der Waals surface area contributed by atoms with Crippen molar-refractivity contribution in [1.82, 2.24) is 0 Å². The zero-order valence-electron chi connectivity index (χ0n) is 11.1. The largest absolute Gasteiger partial charge is 0.481 e. The van der Waals surface area contributed by atoms with Crippen LogP contribution in [0.4, 0.5) is 0 Å². The predicted octanol–water partition coefficient (Wildman–Crippen LogP) is 3.17. The Morgan fingerprint density at radius 1 is 1.25 bits per heavy atom. The molecule has 0 fully saturated rings. The molecule has 20 heavy (non-hydrogen) atoms. The lowest BCUT2D eigenvalue weighted by molar-refractivity contribution is -0.136. The summed E-state index contributed by atoms with van der Waals surface area (Å²) >= 11 is 2.96. The number of carboxylic acids is 1. The summed E-state index contributed by atoms with van der Waals surface area (Å²) in [5.41, 5.74) is 1.20. The van der Waals surface area contributed by atoms with Crippen LogP contribution in [-0.4, -0.2) is 33.1 Å². The van der Waals surface area contributed by atoms with Gasteiger partial charge in [-0.05, 0) is 19.1 Å². The average molecular weight is 308 g/mol. The first-order chi connectivity index (χ1) is 9.54. The predicted molar refractivity (Wildman–Crippen MR) is 83.5 cm³/mol. The Morgan fingerprint density at radius 2 is 1.95 bits per heavy atom. The van der Waals surface area contributed by atoms with Crippen LogP contribution in [0.3, 0.4) is 0 Å². The summed E-state index contributed by atoms with van der Waals surface area (Å²) in [6.45, 7) is 2.03. The van der Waals surface area contributed by atoms with Crippen molar-refractivity contribution in [3.05, 3.63) is 42.0 Å². The molecule has 2 atom stereocenters. The maximum Gasteiger partial charge on any atom is 0.304 e. The van der Waals surface area contributed by atoms with E-state index in [2.05, 4.69) is 0 Å². The van der Waals surface area contributed by atoms with Gasteiger partial charge in [-0.1, -0.05) is 29.8 Å². The summed E-state index contributed by atoms with van der Waals surface area (Å²) in [5, 5.41) is 8.46. The molecule has 3 nitrogen and oxygen atoms in total. The third-order valence-electron chi connectivity index (χ3n) is 2.92. The highest BCUT2D eigenvalue weighted by Crippen LogP contribution is 2.31. The lowest BCUT2D eigenvalue weighted by Gasteiger charge is -2.09. The molecule has 0 aromatic heterocycles. The normalized spacial score (nSPS) is 21.1. The molecule has 0 radical (unpaired) electrons. The maximum absolute atomic E-state index is 12.1. The first-order valence-corrected chi connectivity index (χ1v) is 8.25. The summed E-state index contributed by atoms with van der Waals surface area (Å²) in [4.78, 5) is 23.8. The number of benzene rings is 1. The van der Waals surface area contributed by atoms with Crippen molar-refractivity contribution in [3.8, 4) is 0 Å². The minimum atomic E-state index is -0.825. The zero-order chi connectivity index (χ0) is 14.5. The lowest BCUT2D eigenvalue weighted by atomic mass is 10.2. The Kier molecular flexibility index (Phi) is 5.31. The summed E-state index contributed by atoms with van der Waals surface area (Å²) in [7, 11) is 0. The summed E-state index contributed by atoms with van der Waals surface area (Å²) in [6, 6.07) is 8.08. The smallest absolute Gasteiger partial charge is 0.304 e. The molecule has 0 bridgehead atoms. The van der Waals surface area contributed by atoms with Crippen molar-refractivity contribution in [1.29, 1.82) is 0 Å². The van der Waals surface area contributed by atoms with Gasteiger partial charge in [-0.2, -0.15) is 0 Å². The Hall–Kier alpha value is -1.20. The van der Waals surface area contributed by atoms with E-state index in [-0.39, 0.29) is 22.7 Å². The van der Waals surface area contributed by atoms with Gasteiger partial charge in [0, 0.05) is 10.1 Å². The summed E-state index contributed by atoms with van der Waals surface area (Å²) in [5.74, 6) is -0.260. The fourth-order valence-corrected chi connectivity index (χ4v) is 3.98. The number of carboxylic acid groups (broad SMARTS) is 1. The van der Waals surface area contributed by atoms with Crippen LogP contribution in [0.15, 0.2) is 41.3 Å². The molecule has 1 heterocycles. The topological polar surface area (TPSA) is 54.4 Å². The number of carbonyl (C=O) groups excluding carboxylic acids is 1. The first kappa shape index (κ1) is 15.2. The van der Waals surface area contributed by atoms with Gasteiger partial charge in [0.15, 0.2) is 5.78 Å². The number of hydrogen-bond acceptors (Lipinski definition) is 4. The number of aryl methyl sites for hydroxylation is 1. The van der Waals surface area contributed by atoms with E-state index in [1.54, 1.807) is 0 Å². The Morgan fingerprint density at radius 3 is 2.60 bits per heavy atom. The molecule has 0 spiro atoms. The van der Waals surface area contributed by atoms with Crippen molar-refractivity contribution in [2.24, 2.45) is 0 Å². The SMILES string of the molecule is Cc1ccc(SCC(=O)C2C=CC(CC(=O)O)S2)cc1. The number of carbonyl (C=O) groups is 2. The van der Waals surface area contributed by atoms with Crippen LogP contribution in [-0.2, 0) is 9.59 Å². The molecule has 2 unspecified atom stereocenters. The van der Waals surface area contributed by atoms with Crippen LogP contribution in [0.2, 0.25) is 0 Å². The number of rotatable bonds is 6. The third-order valence-corrected chi connectivity index (χ3v) is 5.34. The molecule has 0 saturated carbocycles. The van der Waals surface area contributed by atoms with E-state index >= 15 is 0 Å². The van der Waals surface area contributed by atoms with E-state index in [1.165, 1.54) is 29.1 Å². The van der Waals surface area contributed by atoms with E-state index in [9.17, 15) is 9.59 Å². The number of hydrogen-bond donors (Lipinski definition) is 1. The molecule has 1 N–H and O–H groups in total. The van der Waals surface area contributed by atoms with Crippen molar-refractivity contribution in [2.45, 2.75) is 28.7 Å². The second-order valence-corrected chi connectivity index (χ2v) is 7.08. The Labute approximate surface area is 126 Å². The molecule has 0 saturated heterocycles. The number of thioether (sulfide) groups is 2. The average Bonchev–Trinajstić information content (AvgIpc) is 2.85. The van der Waals surface area contributed by atoms with E-state index in [0.29, 0.717) is 5.75 Å². The molecule has 5 heteroatoms. The number of ketones is 1. The van der Waals surface area contributed by atoms with Crippen LogP contribution in [0.5, 0.6) is 0 Å². The van der Waals surface area contributed by atoms with Crippen LogP contribution in [0.1, 0.15) is 12.0 Å². The third kappa shape index (κ3) is 4.42. The van der Waals surface area contributed by atoms with Gasteiger partial charge in [-0.15, -0.1) is 23.5 Å². The molecular formula is C15H16O3S2. The molecule has 106 valence electrons. The maximum atomic E-state index is 12.1. The second kappa shape index (κ2) is 6.99. The molecule has 1 aromatic carbocycles. The van der Waals surface area contributed by atoms with Crippen molar-refractivity contribution < 1.29 is 14.7 Å². The molecule has 2 rings (SSSR count). The highest BCUT2D eigenvalue weighted by Gasteiger charge is 2.26.